The molecule has 2 rings (SSSR count). The van der Waals surface area contributed by atoms with Crippen LogP contribution in [0.5, 0.6) is 5.75 Å². The molecule has 112 valence electrons. The molecule has 1 aromatic heterocycles. The largest absolute Gasteiger partial charge is 0.489 e. The van der Waals surface area contributed by atoms with Gasteiger partial charge in [-0.3, -0.25) is 10.8 Å². The van der Waals surface area contributed by atoms with Crippen molar-refractivity contribution in [2.75, 3.05) is 0 Å². The number of aromatic nitrogens is 1. The number of hydrazine groups is 1. The van der Waals surface area contributed by atoms with Gasteiger partial charge in [0.25, 0.3) is 0 Å². The first-order valence-electron chi connectivity index (χ1n) is 6.85. The predicted molar refractivity (Wildman–Crippen MR) is 80.3 cm³/mol. The molecule has 1 atom stereocenters. The monoisotopic (exact) mass is 289 g/mol. The van der Waals surface area contributed by atoms with Gasteiger partial charge in [-0.15, -0.1) is 0 Å². The van der Waals surface area contributed by atoms with Gasteiger partial charge in [-0.25, -0.2) is 9.82 Å². The molecule has 2 aromatic rings. The van der Waals surface area contributed by atoms with Crippen LogP contribution in [0.4, 0.5) is 4.39 Å². The number of ether oxygens (including phenoxy) is 1. The zero-order valence-electron chi connectivity index (χ0n) is 12.4. The summed E-state index contributed by atoms with van der Waals surface area (Å²) >= 11 is 0. The van der Waals surface area contributed by atoms with Gasteiger partial charge in [0, 0.05) is 11.8 Å². The summed E-state index contributed by atoms with van der Waals surface area (Å²) in [5, 5.41) is 0. The van der Waals surface area contributed by atoms with Crippen molar-refractivity contribution < 1.29 is 9.13 Å². The Morgan fingerprint density at radius 3 is 2.71 bits per heavy atom. The van der Waals surface area contributed by atoms with Gasteiger partial charge in [-0.05, 0) is 38.0 Å². The second-order valence-electron chi connectivity index (χ2n) is 5.20. The SMILES string of the molecule is Cc1cccc(C(NN)c2cncc(OC(C)C)c2)c1F. The number of nitrogens with one attached hydrogen (secondary N) is 1. The van der Waals surface area contributed by atoms with Crippen LogP contribution in [0.15, 0.2) is 36.7 Å². The van der Waals surface area contributed by atoms with Crippen LogP contribution in [0.1, 0.15) is 36.6 Å². The Morgan fingerprint density at radius 2 is 2.05 bits per heavy atom. The van der Waals surface area contributed by atoms with Gasteiger partial charge in [-0.1, -0.05) is 18.2 Å². The highest BCUT2D eigenvalue weighted by molar-refractivity contribution is 5.36. The Labute approximate surface area is 124 Å². The number of halogens is 1. The summed E-state index contributed by atoms with van der Waals surface area (Å²) in [4.78, 5) is 4.14. The molecule has 1 aromatic carbocycles. The van der Waals surface area contributed by atoms with Crippen molar-refractivity contribution in [3.8, 4) is 5.75 Å². The predicted octanol–water partition coefficient (Wildman–Crippen LogP) is 2.87. The van der Waals surface area contributed by atoms with E-state index in [-0.39, 0.29) is 11.9 Å². The number of pyridine rings is 1. The Morgan fingerprint density at radius 1 is 1.29 bits per heavy atom. The van der Waals surface area contributed by atoms with Gasteiger partial charge < -0.3 is 4.74 Å². The summed E-state index contributed by atoms with van der Waals surface area (Å²) in [6, 6.07) is 6.58. The van der Waals surface area contributed by atoms with E-state index in [0.717, 1.165) is 5.56 Å². The average molecular weight is 289 g/mol. The lowest BCUT2D eigenvalue weighted by Crippen LogP contribution is -2.29. The molecule has 0 amide bonds. The summed E-state index contributed by atoms with van der Waals surface area (Å²) in [7, 11) is 0. The molecule has 3 N–H and O–H groups in total. The van der Waals surface area contributed by atoms with Gasteiger partial charge in [0.05, 0.1) is 18.3 Å². The number of aryl methyl sites for hydroxylation is 1. The topological polar surface area (TPSA) is 60.2 Å². The quantitative estimate of drug-likeness (QED) is 0.656. The van der Waals surface area contributed by atoms with E-state index >= 15 is 0 Å². The molecular weight excluding hydrogens is 269 g/mol. The molecule has 0 saturated heterocycles. The Bertz CT molecular complexity index is 616. The standard InChI is InChI=1S/C16H20FN3O/c1-10(2)21-13-7-12(8-19-9-13)16(20-18)14-6-4-5-11(3)15(14)17/h4-10,16,20H,18H2,1-3H3. The van der Waals surface area contributed by atoms with E-state index in [4.69, 9.17) is 10.6 Å². The maximum atomic E-state index is 14.3. The molecule has 0 bridgehead atoms. The third kappa shape index (κ3) is 3.56. The van der Waals surface area contributed by atoms with Crippen LogP contribution in [0.25, 0.3) is 0 Å². The van der Waals surface area contributed by atoms with Gasteiger partial charge in [0.2, 0.25) is 0 Å². The van der Waals surface area contributed by atoms with Crippen molar-refractivity contribution in [3.05, 3.63) is 59.2 Å². The molecule has 21 heavy (non-hydrogen) atoms. The molecule has 0 aliphatic heterocycles. The molecule has 1 unspecified atom stereocenters. The average Bonchev–Trinajstić information content (AvgIpc) is 2.44. The fraction of sp³-hybridized carbons (Fsp3) is 0.312. The Kier molecular flexibility index (Phi) is 4.88. The van der Waals surface area contributed by atoms with Gasteiger partial charge in [0.15, 0.2) is 0 Å². The van der Waals surface area contributed by atoms with Gasteiger partial charge in [-0.2, -0.15) is 0 Å². The maximum Gasteiger partial charge on any atom is 0.138 e. The molecule has 0 aliphatic carbocycles. The Balaban J connectivity index is 2.39. The minimum atomic E-state index is -0.479. The molecule has 4 nitrogen and oxygen atoms in total. The normalized spacial score (nSPS) is 12.5. The van der Waals surface area contributed by atoms with Crippen LogP contribution in [0, 0.1) is 12.7 Å². The first kappa shape index (κ1) is 15.4. The van der Waals surface area contributed by atoms with Crippen LogP contribution in [0.3, 0.4) is 0 Å². The summed E-state index contributed by atoms with van der Waals surface area (Å²) in [5.41, 5.74) is 4.46. The van der Waals surface area contributed by atoms with Gasteiger partial charge in [0.1, 0.15) is 11.6 Å². The van der Waals surface area contributed by atoms with Crippen molar-refractivity contribution >= 4 is 0 Å². The highest BCUT2D eigenvalue weighted by Crippen LogP contribution is 2.27. The fourth-order valence-corrected chi connectivity index (χ4v) is 2.19. The summed E-state index contributed by atoms with van der Waals surface area (Å²) in [6.07, 6.45) is 3.32. The number of hydrogen-bond donors (Lipinski definition) is 2. The fourth-order valence-electron chi connectivity index (χ4n) is 2.19. The van der Waals surface area contributed by atoms with Crippen molar-refractivity contribution in [2.45, 2.75) is 32.9 Å². The van der Waals surface area contributed by atoms with E-state index in [0.29, 0.717) is 16.9 Å². The molecule has 0 fully saturated rings. The second kappa shape index (κ2) is 6.65. The lowest BCUT2D eigenvalue weighted by Gasteiger charge is -2.19. The van der Waals surface area contributed by atoms with Crippen molar-refractivity contribution in [3.63, 3.8) is 0 Å². The second-order valence-corrected chi connectivity index (χ2v) is 5.20. The zero-order chi connectivity index (χ0) is 15.4. The van der Waals surface area contributed by atoms with Gasteiger partial charge >= 0.3 is 0 Å². The van der Waals surface area contributed by atoms with Crippen LogP contribution in [0.2, 0.25) is 0 Å². The highest BCUT2D eigenvalue weighted by Gasteiger charge is 2.18. The molecule has 0 aliphatic rings. The smallest absolute Gasteiger partial charge is 0.138 e. The molecule has 0 spiro atoms. The number of benzene rings is 1. The lowest BCUT2D eigenvalue weighted by atomic mass is 9.98. The molecule has 1 heterocycles. The number of rotatable bonds is 5. The van der Waals surface area contributed by atoms with E-state index in [1.54, 1.807) is 37.5 Å². The minimum Gasteiger partial charge on any atom is -0.489 e. The van der Waals surface area contributed by atoms with Crippen LogP contribution >= 0.6 is 0 Å². The van der Waals surface area contributed by atoms with E-state index in [1.165, 1.54) is 0 Å². The maximum absolute atomic E-state index is 14.3. The summed E-state index contributed by atoms with van der Waals surface area (Å²) < 4.78 is 19.9. The zero-order valence-corrected chi connectivity index (χ0v) is 12.4. The van der Waals surface area contributed by atoms with Crippen LogP contribution in [-0.2, 0) is 0 Å². The van der Waals surface area contributed by atoms with E-state index < -0.39 is 6.04 Å². The van der Waals surface area contributed by atoms with Crippen LogP contribution < -0.4 is 16.0 Å². The minimum absolute atomic E-state index is 0.0436. The van der Waals surface area contributed by atoms with Crippen LogP contribution in [-0.4, -0.2) is 11.1 Å². The lowest BCUT2D eigenvalue weighted by molar-refractivity contribution is 0.241. The Hall–Kier alpha value is -1.98. The van der Waals surface area contributed by atoms with Crippen molar-refractivity contribution in [2.24, 2.45) is 5.84 Å². The van der Waals surface area contributed by atoms with E-state index in [1.807, 2.05) is 19.9 Å². The third-order valence-electron chi connectivity index (χ3n) is 3.14. The first-order valence-corrected chi connectivity index (χ1v) is 6.85. The third-order valence-corrected chi connectivity index (χ3v) is 3.14. The first-order chi connectivity index (χ1) is 10.0. The summed E-state index contributed by atoms with van der Waals surface area (Å²) in [6.45, 7) is 5.60. The van der Waals surface area contributed by atoms with E-state index in [9.17, 15) is 4.39 Å². The number of nitrogens with zero attached hydrogens (tertiary/aromatic N) is 1. The van der Waals surface area contributed by atoms with Crippen molar-refractivity contribution in [1.82, 2.24) is 10.4 Å². The van der Waals surface area contributed by atoms with E-state index in [2.05, 4.69) is 10.4 Å². The number of hydrogen-bond acceptors (Lipinski definition) is 4. The molecule has 0 saturated carbocycles. The van der Waals surface area contributed by atoms with Crippen molar-refractivity contribution in [1.29, 1.82) is 0 Å². The molecule has 0 radical (unpaired) electrons. The number of nitrogens with two attached hydrogens (primary N) is 1. The highest BCUT2D eigenvalue weighted by atomic mass is 19.1. The molecular formula is C16H20FN3O. The molecule has 5 heteroatoms. The summed E-state index contributed by atoms with van der Waals surface area (Å²) in [5.74, 6) is 5.99.